The minimum Gasteiger partial charge on any atom is -0.394 e. The van der Waals surface area contributed by atoms with Crippen molar-refractivity contribution in [2.75, 3.05) is 23.8 Å². The summed E-state index contributed by atoms with van der Waals surface area (Å²) in [5.74, 6) is 2.36. The molecular weight excluding hydrogens is 240 g/mol. The Balaban J connectivity index is 2.07. The van der Waals surface area contributed by atoms with Gasteiger partial charge in [0.1, 0.15) is 18.0 Å². The third kappa shape index (κ3) is 3.56. The normalized spacial score (nSPS) is 27.0. The van der Waals surface area contributed by atoms with Crippen LogP contribution in [0.3, 0.4) is 0 Å². The molecule has 0 radical (unpaired) electrons. The summed E-state index contributed by atoms with van der Waals surface area (Å²) < 4.78 is 0. The summed E-state index contributed by atoms with van der Waals surface area (Å²) in [6.07, 6.45) is 5.84. The summed E-state index contributed by atoms with van der Waals surface area (Å²) in [5, 5.41) is 16.3. The van der Waals surface area contributed by atoms with Crippen molar-refractivity contribution in [2.24, 2.45) is 5.92 Å². The lowest BCUT2D eigenvalue weighted by atomic mass is 9.77. The Kier molecular flexibility index (Phi) is 4.58. The van der Waals surface area contributed by atoms with Crippen LogP contribution in [0, 0.1) is 5.92 Å². The maximum absolute atomic E-state index is 9.74. The van der Waals surface area contributed by atoms with Crippen molar-refractivity contribution in [3.05, 3.63) is 12.4 Å². The van der Waals surface area contributed by atoms with Crippen LogP contribution in [0.2, 0.25) is 0 Å². The van der Waals surface area contributed by atoms with Gasteiger partial charge in [-0.05, 0) is 38.5 Å². The van der Waals surface area contributed by atoms with Crippen molar-refractivity contribution in [2.45, 2.75) is 45.1 Å². The van der Waals surface area contributed by atoms with E-state index in [0.29, 0.717) is 0 Å². The highest BCUT2D eigenvalue weighted by molar-refractivity contribution is 5.48. The molecule has 3 N–H and O–H groups in total. The summed E-state index contributed by atoms with van der Waals surface area (Å²) in [4.78, 5) is 8.41. The topological polar surface area (TPSA) is 70.1 Å². The van der Waals surface area contributed by atoms with E-state index in [9.17, 15) is 5.11 Å². The summed E-state index contributed by atoms with van der Waals surface area (Å²) in [6, 6.07) is 1.90. The van der Waals surface area contributed by atoms with E-state index in [1.54, 1.807) is 6.33 Å². The van der Waals surface area contributed by atoms with Gasteiger partial charge < -0.3 is 15.7 Å². The summed E-state index contributed by atoms with van der Waals surface area (Å²) in [5.41, 5.74) is -0.218. The van der Waals surface area contributed by atoms with Gasteiger partial charge in [0.2, 0.25) is 0 Å². The van der Waals surface area contributed by atoms with E-state index >= 15 is 0 Å². The van der Waals surface area contributed by atoms with Gasteiger partial charge in [-0.3, -0.25) is 0 Å². The molecule has 1 heterocycles. The summed E-state index contributed by atoms with van der Waals surface area (Å²) in [6.45, 7) is 5.29. The molecule has 0 aromatic carbocycles. The van der Waals surface area contributed by atoms with Gasteiger partial charge in [-0.25, -0.2) is 9.97 Å². The van der Waals surface area contributed by atoms with Crippen molar-refractivity contribution in [3.8, 4) is 0 Å². The van der Waals surface area contributed by atoms with Crippen LogP contribution in [0.4, 0.5) is 11.6 Å². The molecular formula is C14H24N4O. The maximum atomic E-state index is 9.74. The number of aromatic nitrogens is 2. The molecule has 1 aliphatic carbocycles. The van der Waals surface area contributed by atoms with Crippen LogP contribution in [0.15, 0.2) is 12.4 Å². The quantitative estimate of drug-likeness (QED) is 0.761. The average Bonchev–Trinajstić information content (AvgIpc) is 2.43. The lowest BCUT2D eigenvalue weighted by molar-refractivity contribution is 0.155. The van der Waals surface area contributed by atoms with E-state index in [-0.39, 0.29) is 12.1 Å². The van der Waals surface area contributed by atoms with E-state index in [2.05, 4.69) is 27.5 Å². The lowest BCUT2D eigenvalue weighted by Gasteiger charge is -2.39. The maximum Gasteiger partial charge on any atom is 0.131 e. The number of aliphatic hydroxyl groups is 1. The lowest BCUT2D eigenvalue weighted by Crippen LogP contribution is -2.45. The van der Waals surface area contributed by atoms with E-state index < -0.39 is 0 Å². The highest BCUT2D eigenvalue weighted by atomic mass is 16.3. The molecule has 0 spiro atoms. The van der Waals surface area contributed by atoms with Crippen molar-refractivity contribution in [1.29, 1.82) is 0 Å². The zero-order chi connectivity index (χ0) is 13.7. The first-order chi connectivity index (χ1) is 9.17. The molecule has 5 heteroatoms. The Bertz CT molecular complexity index is 402. The van der Waals surface area contributed by atoms with Crippen LogP contribution in [-0.4, -0.2) is 33.8 Å². The van der Waals surface area contributed by atoms with Crippen molar-refractivity contribution in [1.82, 2.24) is 9.97 Å². The number of nitrogens with one attached hydrogen (secondary N) is 2. The molecule has 0 bridgehead atoms. The predicted molar refractivity (Wildman–Crippen MR) is 77.3 cm³/mol. The number of rotatable bonds is 5. The second-order valence-corrected chi connectivity index (χ2v) is 5.56. The molecule has 106 valence electrons. The zero-order valence-corrected chi connectivity index (χ0v) is 11.8. The number of nitrogens with zero attached hydrogens (tertiary/aromatic N) is 2. The van der Waals surface area contributed by atoms with Crippen LogP contribution in [0.5, 0.6) is 0 Å². The highest BCUT2D eigenvalue weighted by Gasteiger charge is 2.33. The molecule has 1 aliphatic rings. The molecule has 0 saturated heterocycles. The molecule has 19 heavy (non-hydrogen) atoms. The first-order valence-electron chi connectivity index (χ1n) is 7.12. The van der Waals surface area contributed by atoms with Gasteiger partial charge in [0.15, 0.2) is 0 Å². The van der Waals surface area contributed by atoms with Crippen molar-refractivity contribution >= 4 is 11.6 Å². The third-order valence-corrected chi connectivity index (χ3v) is 3.95. The van der Waals surface area contributed by atoms with Gasteiger partial charge in [0, 0.05) is 12.6 Å². The fourth-order valence-electron chi connectivity index (χ4n) is 2.61. The number of hydrogen-bond donors (Lipinski definition) is 3. The number of anilines is 2. The Morgan fingerprint density at radius 3 is 2.63 bits per heavy atom. The second-order valence-electron chi connectivity index (χ2n) is 5.56. The van der Waals surface area contributed by atoms with Crippen molar-refractivity contribution in [3.63, 3.8) is 0 Å². The monoisotopic (exact) mass is 264 g/mol. The van der Waals surface area contributed by atoms with E-state index in [4.69, 9.17) is 0 Å². The van der Waals surface area contributed by atoms with Gasteiger partial charge in [0.05, 0.1) is 12.1 Å². The SMILES string of the molecule is CCNc1cc(NC2(CO)CCC(C)CC2)ncn1. The van der Waals surface area contributed by atoms with E-state index in [0.717, 1.165) is 49.8 Å². The van der Waals surface area contributed by atoms with Gasteiger partial charge in [-0.2, -0.15) is 0 Å². The minimum atomic E-state index is -0.218. The number of hydrogen-bond acceptors (Lipinski definition) is 5. The standard InChI is InChI=1S/C14H24N4O/c1-3-15-12-8-13(17-10-16-12)18-14(9-19)6-4-11(2)5-7-14/h8,10-11,19H,3-7,9H2,1-2H3,(H2,15,16,17,18). The van der Waals surface area contributed by atoms with Crippen LogP contribution >= 0.6 is 0 Å². The molecule has 0 aliphatic heterocycles. The molecule has 1 aromatic rings. The predicted octanol–water partition coefficient (Wildman–Crippen LogP) is 2.26. The third-order valence-electron chi connectivity index (χ3n) is 3.95. The summed E-state index contributed by atoms with van der Waals surface area (Å²) >= 11 is 0. The number of aliphatic hydroxyl groups excluding tert-OH is 1. The molecule has 0 atom stereocenters. The van der Waals surface area contributed by atoms with Gasteiger partial charge in [-0.1, -0.05) is 6.92 Å². The average molecular weight is 264 g/mol. The van der Waals surface area contributed by atoms with Crippen LogP contribution in [0.25, 0.3) is 0 Å². The van der Waals surface area contributed by atoms with E-state index in [1.807, 2.05) is 13.0 Å². The minimum absolute atomic E-state index is 0.153. The summed E-state index contributed by atoms with van der Waals surface area (Å²) in [7, 11) is 0. The smallest absolute Gasteiger partial charge is 0.131 e. The van der Waals surface area contributed by atoms with Crippen LogP contribution in [0.1, 0.15) is 39.5 Å². The van der Waals surface area contributed by atoms with Crippen LogP contribution in [-0.2, 0) is 0 Å². The molecule has 1 saturated carbocycles. The molecule has 2 rings (SSSR count). The molecule has 1 aromatic heterocycles. The fourth-order valence-corrected chi connectivity index (χ4v) is 2.61. The molecule has 0 amide bonds. The van der Waals surface area contributed by atoms with Crippen LogP contribution < -0.4 is 10.6 Å². The molecule has 5 nitrogen and oxygen atoms in total. The molecule has 0 unspecified atom stereocenters. The van der Waals surface area contributed by atoms with Gasteiger partial charge >= 0.3 is 0 Å². The highest BCUT2D eigenvalue weighted by Crippen LogP contribution is 2.34. The first kappa shape index (κ1) is 14.1. The van der Waals surface area contributed by atoms with Crippen molar-refractivity contribution < 1.29 is 5.11 Å². The fraction of sp³-hybridized carbons (Fsp3) is 0.714. The Morgan fingerprint density at radius 1 is 1.32 bits per heavy atom. The van der Waals surface area contributed by atoms with Gasteiger partial charge in [-0.15, -0.1) is 0 Å². The Hall–Kier alpha value is -1.36. The Labute approximate surface area is 114 Å². The molecule has 1 fully saturated rings. The largest absolute Gasteiger partial charge is 0.394 e. The Morgan fingerprint density at radius 2 is 2.00 bits per heavy atom. The zero-order valence-electron chi connectivity index (χ0n) is 11.8. The second kappa shape index (κ2) is 6.19. The first-order valence-corrected chi connectivity index (χ1v) is 7.12. The van der Waals surface area contributed by atoms with E-state index in [1.165, 1.54) is 0 Å². The van der Waals surface area contributed by atoms with Gasteiger partial charge in [0.25, 0.3) is 0 Å².